The highest BCUT2D eigenvalue weighted by Crippen LogP contribution is 2.32. The zero-order valence-electron chi connectivity index (χ0n) is 19.5. The van der Waals surface area contributed by atoms with Crippen LogP contribution < -0.4 is 16.6 Å². The molecular weight excluding hydrogens is 392 g/mol. The number of piperidine rings is 1. The molecule has 1 fully saturated rings. The van der Waals surface area contributed by atoms with Gasteiger partial charge in [-0.1, -0.05) is 25.5 Å². The Morgan fingerprint density at radius 1 is 1.13 bits per heavy atom. The van der Waals surface area contributed by atoms with Crippen molar-refractivity contribution in [2.75, 3.05) is 6.54 Å². The van der Waals surface area contributed by atoms with Gasteiger partial charge in [-0.25, -0.2) is 4.79 Å². The normalized spacial score (nSPS) is 18.2. The van der Waals surface area contributed by atoms with Gasteiger partial charge in [-0.2, -0.15) is 0 Å². The van der Waals surface area contributed by atoms with E-state index in [0.29, 0.717) is 10.9 Å². The van der Waals surface area contributed by atoms with Gasteiger partial charge in [0.1, 0.15) is 0 Å². The Bertz CT molecular complexity index is 1030. The highest BCUT2D eigenvalue weighted by molar-refractivity contribution is 5.79. The van der Waals surface area contributed by atoms with Crippen LogP contribution in [0.2, 0.25) is 0 Å². The molecule has 170 valence electrons. The minimum absolute atomic E-state index is 0.0524. The van der Waals surface area contributed by atoms with Crippen LogP contribution in [0.4, 0.5) is 0 Å². The van der Waals surface area contributed by atoms with Crippen LogP contribution in [0.3, 0.4) is 0 Å². The number of aromatic amines is 1. The zero-order chi connectivity index (χ0) is 22.8. The van der Waals surface area contributed by atoms with Gasteiger partial charge < -0.3 is 10.2 Å². The van der Waals surface area contributed by atoms with Gasteiger partial charge in [0.25, 0.3) is 5.56 Å². The molecule has 2 aromatic rings. The predicted octanol–water partition coefficient (Wildman–Crippen LogP) is 3.02. The van der Waals surface area contributed by atoms with Crippen molar-refractivity contribution in [1.82, 2.24) is 19.8 Å². The second-order valence-corrected chi connectivity index (χ2v) is 10.1. The van der Waals surface area contributed by atoms with Crippen LogP contribution in [-0.2, 0) is 11.3 Å². The largest absolute Gasteiger partial charge is 0.340 e. The molecule has 1 aromatic carbocycles. The highest BCUT2D eigenvalue weighted by atomic mass is 16.2. The van der Waals surface area contributed by atoms with Gasteiger partial charge >= 0.3 is 5.69 Å². The van der Waals surface area contributed by atoms with E-state index in [0.717, 1.165) is 32.2 Å². The van der Waals surface area contributed by atoms with Gasteiger partial charge in [-0.3, -0.25) is 19.1 Å². The smallest absolute Gasteiger partial charge is 0.328 e. The molecule has 2 N–H and O–H groups in total. The molecule has 1 aliphatic rings. The molecule has 0 bridgehead atoms. The third-order valence-corrected chi connectivity index (χ3v) is 6.14. The Kier molecular flexibility index (Phi) is 6.74. The Labute approximate surface area is 183 Å². The Morgan fingerprint density at radius 2 is 1.77 bits per heavy atom. The number of unbranched alkanes of at least 4 members (excludes halogenated alkanes) is 1. The van der Waals surface area contributed by atoms with Gasteiger partial charge in [0, 0.05) is 36.6 Å². The van der Waals surface area contributed by atoms with E-state index in [1.54, 1.807) is 24.3 Å². The van der Waals surface area contributed by atoms with Crippen molar-refractivity contribution in [1.29, 1.82) is 0 Å². The molecular formula is C24H36N4O3. The van der Waals surface area contributed by atoms with Gasteiger partial charge in [-0.15, -0.1) is 0 Å². The molecule has 1 aliphatic heterocycles. The second-order valence-electron chi connectivity index (χ2n) is 10.1. The minimum Gasteiger partial charge on any atom is -0.340 e. The lowest BCUT2D eigenvalue weighted by Gasteiger charge is -2.49. The number of aryl methyl sites for hydroxylation is 1. The van der Waals surface area contributed by atoms with E-state index in [-0.39, 0.29) is 36.0 Å². The minimum atomic E-state index is -0.472. The number of carbonyl (C=O) groups is 1. The number of hydrogen-bond acceptors (Lipinski definition) is 4. The number of carbonyl (C=O) groups excluding carboxylic acids is 1. The second kappa shape index (κ2) is 8.99. The summed E-state index contributed by atoms with van der Waals surface area (Å²) in [5, 5.41) is 4.14. The van der Waals surface area contributed by atoms with Crippen LogP contribution in [0, 0.1) is 0 Å². The molecule has 1 saturated heterocycles. The van der Waals surface area contributed by atoms with Crippen LogP contribution in [0.5, 0.6) is 0 Å². The summed E-state index contributed by atoms with van der Waals surface area (Å²) in [7, 11) is 0. The van der Waals surface area contributed by atoms with E-state index in [9.17, 15) is 14.4 Å². The summed E-state index contributed by atoms with van der Waals surface area (Å²) in [4.78, 5) is 42.3. The van der Waals surface area contributed by atoms with E-state index < -0.39 is 11.2 Å². The molecule has 7 nitrogen and oxygen atoms in total. The summed E-state index contributed by atoms with van der Waals surface area (Å²) in [6, 6.07) is 7.17. The average Bonchev–Trinajstić information content (AvgIpc) is 2.65. The van der Waals surface area contributed by atoms with E-state index in [1.807, 2.05) is 4.90 Å². The molecule has 1 amide bonds. The number of H-pyrrole nitrogens is 1. The average molecular weight is 429 g/mol. The fraction of sp³-hybridized carbons (Fsp3) is 0.625. The third kappa shape index (κ3) is 5.45. The summed E-state index contributed by atoms with van der Waals surface area (Å²) in [6.45, 7) is 11.9. The number of rotatable bonds is 7. The summed E-state index contributed by atoms with van der Waals surface area (Å²) >= 11 is 0. The lowest BCUT2D eigenvalue weighted by Crippen LogP contribution is -2.63. The van der Waals surface area contributed by atoms with Crippen molar-refractivity contribution in [2.24, 2.45) is 0 Å². The predicted molar refractivity (Wildman–Crippen MR) is 124 cm³/mol. The van der Waals surface area contributed by atoms with Gasteiger partial charge in [0.2, 0.25) is 5.91 Å². The van der Waals surface area contributed by atoms with Crippen molar-refractivity contribution in [2.45, 2.75) is 90.4 Å². The molecule has 0 aliphatic carbocycles. The SMILES string of the molecule is CCCCN(C(=O)CCn1c(=O)[nH]c(=O)c2ccccc21)C1CC(C)(C)NC(C)(C)C1. The first-order valence-electron chi connectivity index (χ1n) is 11.3. The topological polar surface area (TPSA) is 87.2 Å². The molecule has 0 atom stereocenters. The number of hydrogen-bond donors (Lipinski definition) is 2. The number of aromatic nitrogens is 2. The van der Waals surface area contributed by atoms with Gasteiger partial charge in [-0.05, 0) is 59.1 Å². The van der Waals surface area contributed by atoms with E-state index in [1.165, 1.54) is 4.57 Å². The van der Waals surface area contributed by atoms with Gasteiger partial charge in [0.15, 0.2) is 0 Å². The molecule has 1 aromatic heterocycles. The van der Waals surface area contributed by atoms with Gasteiger partial charge in [0.05, 0.1) is 10.9 Å². The van der Waals surface area contributed by atoms with Crippen molar-refractivity contribution in [3.05, 3.63) is 45.1 Å². The summed E-state index contributed by atoms with van der Waals surface area (Å²) in [5.74, 6) is 0.0640. The molecule has 3 rings (SSSR count). The molecule has 0 radical (unpaired) electrons. The monoisotopic (exact) mass is 428 g/mol. The quantitative estimate of drug-likeness (QED) is 0.710. The maximum Gasteiger partial charge on any atom is 0.328 e. The summed E-state index contributed by atoms with van der Waals surface area (Å²) in [5.41, 5.74) is -0.409. The molecule has 0 saturated carbocycles. The number of para-hydroxylation sites is 1. The maximum absolute atomic E-state index is 13.4. The summed E-state index contributed by atoms with van der Waals surface area (Å²) < 4.78 is 1.50. The maximum atomic E-state index is 13.4. The van der Waals surface area contributed by atoms with Crippen LogP contribution in [0.15, 0.2) is 33.9 Å². The lowest BCUT2D eigenvalue weighted by molar-refractivity contribution is -0.135. The number of benzene rings is 1. The first kappa shape index (κ1) is 23.3. The Hall–Kier alpha value is -2.41. The third-order valence-electron chi connectivity index (χ3n) is 6.14. The lowest BCUT2D eigenvalue weighted by atomic mass is 9.79. The number of nitrogens with zero attached hydrogens (tertiary/aromatic N) is 2. The van der Waals surface area contributed by atoms with Crippen molar-refractivity contribution >= 4 is 16.8 Å². The van der Waals surface area contributed by atoms with Crippen molar-refractivity contribution in [3.8, 4) is 0 Å². The van der Waals surface area contributed by atoms with Crippen molar-refractivity contribution < 1.29 is 4.79 Å². The fourth-order valence-corrected chi connectivity index (χ4v) is 5.14. The first-order chi connectivity index (χ1) is 14.5. The van der Waals surface area contributed by atoms with E-state index in [4.69, 9.17) is 0 Å². The molecule has 2 heterocycles. The van der Waals surface area contributed by atoms with Crippen molar-refractivity contribution in [3.63, 3.8) is 0 Å². The number of nitrogens with one attached hydrogen (secondary N) is 2. The van der Waals surface area contributed by atoms with E-state index >= 15 is 0 Å². The Morgan fingerprint density at radius 3 is 2.42 bits per heavy atom. The van der Waals surface area contributed by atoms with Crippen LogP contribution in [0.1, 0.15) is 66.7 Å². The molecule has 7 heteroatoms. The van der Waals surface area contributed by atoms with E-state index in [2.05, 4.69) is 44.9 Å². The van der Waals surface area contributed by atoms with Crippen LogP contribution >= 0.6 is 0 Å². The van der Waals surface area contributed by atoms with Crippen LogP contribution in [-0.4, -0.2) is 44.0 Å². The summed E-state index contributed by atoms with van der Waals surface area (Å²) in [6.07, 6.45) is 3.99. The zero-order valence-corrected chi connectivity index (χ0v) is 19.5. The fourth-order valence-electron chi connectivity index (χ4n) is 5.14. The molecule has 0 unspecified atom stereocenters. The number of fused-ring (bicyclic) bond motifs is 1. The highest BCUT2D eigenvalue weighted by Gasteiger charge is 2.40. The van der Waals surface area contributed by atoms with Crippen LogP contribution in [0.25, 0.3) is 10.9 Å². The number of amides is 1. The molecule has 0 spiro atoms. The standard InChI is InChI=1S/C24H36N4O3/c1-6-7-13-27(17-15-23(2,3)26-24(4,5)16-17)20(29)12-14-28-19-11-9-8-10-18(19)21(30)25-22(28)31/h8-11,17,26H,6-7,12-16H2,1-5H3,(H,25,30,31). The Balaban J connectivity index is 1.83. The first-order valence-corrected chi connectivity index (χ1v) is 11.3. The molecule has 31 heavy (non-hydrogen) atoms.